The SMILES string of the molecule is CCc1ccc(OC)c(S(=O)(=O)NCCn2ccnc2-c2ncccn2)c1. The molecule has 0 spiro atoms. The van der Waals surface area contributed by atoms with Crippen molar-refractivity contribution in [3.8, 4) is 17.4 Å². The van der Waals surface area contributed by atoms with Crippen LogP contribution >= 0.6 is 0 Å². The summed E-state index contributed by atoms with van der Waals surface area (Å²) in [6, 6.07) is 6.90. The van der Waals surface area contributed by atoms with Crippen LogP contribution in [0.5, 0.6) is 5.75 Å². The first-order chi connectivity index (χ1) is 13.0. The lowest BCUT2D eigenvalue weighted by molar-refractivity contribution is 0.402. The average Bonchev–Trinajstić information content (AvgIpc) is 3.16. The molecule has 3 rings (SSSR count). The second-order valence-corrected chi connectivity index (χ2v) is 7.49. The molecule has 1 N–H and O–H groups in total. The van der Waals surface area contributed by atoms with Crippen molar-refractivity contribution in [2.75, 3.05) is 13.7 Å². The topological polar surface area (TPSA) is 99.0 Å². The number of aromatic nitrogens is 4. The molecular weight excluding hydrogens is 366 g/mol. The Hall–Kier alpha value is -2.78. The van der Waals surface area contributed by atoms with E-state index < -0.39 is 10.0 Å². The van der Waals surface area contributed by atoms with Crippen LogP contribution in [0.15, 0.2) is 53.9 Å². The van der Waals surface area contributed by atoms with Gasteiger partial charge in [0.05, 0.1) is 7.11 Å². The van der Waals surface area contributed by atoms with E-state index in [2.05, 4.69) is 19.7 Å². The molecule has 142 valence electrons. The molecule has 1 aromatic carbocycles. The zero-order valence-electron chi connectivity index (χ0n) is 15.2. The molecule has 2 heterocycles. The van der Waals surface area contributed by atoms with E-state index >= 15 is 0 Å². The maximum atomic E-state index is 12.7. The van der Waals surface area contributed by atoms with Crippen molar-refractivity contribution in [1.82, 2.24) is 24.2 Å². The summed E-state index contributed by atoms with van der Waals surface area (Å²) in [5.74, 6) is 1.39. The Kier molecular flexibility index (Phi) is 5.82. The lowest BCUT2D eigenvalue weighted by Gasteiger charge is -2.13. The summed E-state index contributed by atoms with van der Waals surface area (Å²) >= 11 is 0. The second-order valence-electron chi connectivity index (χ2n) is 5.75. The van der Waals surface area contributed by atoms with Gasteiger partial charge in [-0.25, -0.2) is 28.1 Å². The fourth-order valence-corrected chi connectivity index (χ4v) is 3.88. The second kappa shape index (κ2) is 8.28. The van der Waals surface area contributed by atoms with Crippen LogP contribution in [-0.2, 0) is 23.0 Å². The first-order valence-electron chi connectivity index (χ1n) is 8.50. The van der Waals surface area contributed by atoms with E-state index in [0.717, 1.165) is 12.0 Å². The maximum absolute atomic E-state index is 12.7. The average molecular weight is 387 g/mol. The standard InChI is InChI=1S/C18H21N5O3S/c1-3-14-5-6-15(26-2)16(13-14)27(24,25)22-10-12-23-11-9-21-18(23)17-19-7-4-8-20-17/h4-9,11,13,22H,3,10,12H2,1-2H3. The Morgan fingerprint density at radius 3 is 2.63 bits per heavy atom. The highest BCUT2D eigenvalue weighted by molar-refractivity contribution is 7.89. The molecule has 8 nitrogen and oxygen atoms in total. The zero-order chi connectivity index (χ0) is 19.3. The first kappa shape index (κ1) is 19.0. The van der Waals surface area contributed by atoms with Crippen LogP contribution in [0.3, 0.4) is 0 Å². The molecule has 2 aromatic heterocycles. The van der Waals surface area contributed by atoms with Gasteiger partial charge in [-0.1, -0.05) is 13.0 Å². The Morgan fingerprint density at radius 2 is 1.93 bits per heavy atom. The number of methoxy groups -OCH3 is 1. The molecular formula is C18H21N5O3S. The highest BCUT2D eigenvalue weighted by Crippen LogP contribution is 2.25. The van der Waals surface area contributed by atoms with Crippen LogP contribution in [-0.4, -0.2) is 41.6 Å². The molecule has 27 heavy (non-hydrogen) atoms. The molecule has 9 heteroatoms. The van der Waals surface area contributed by atoms with Crippen LogP contribution < -0.4 is 9.46 Å². The van der Waals surface area contributed by atoms with E-state index in [1.807, 2.05) is 13.0 Å². The summed E-state index contributed by atoms with van der Waals surface area (Å²) in [7, 11) is -2.25. The molecule has 0 amide bonds. The molecule has 0 aliphatic heterocycles. The van der Waals surface area contributed by atoms with Gasteiger partial charge in [0, 0.05) is 37.9 Å². The number of rotatable bonds is 8. The summed E-state index contributed by atoms with van der Waals surface area (Å²) in [6.07, 6.45) is 7.41. The lowest BCUT2D eigenvalue weighted by Crippen LogP contribution is -2.28. The van der Waals surface area contributed by atoms with E-state index in [4.69, 9.17) is 4.74 Å². The Labute approximate surface area is 158 Å². The molecule has 0 fully saturated rings. The van der Waals surface area contributed by atoms with Gasteiger partial charge in [-0.2, -0.15) is 0 Å². The minimum Gasteiger partial charge on any atom is -0.495 e. The van der Waals surface area contributed by atoms with Crippen molar-refractivity contribution < 1.29 is 13.2 Å². The zero-order valence-corrected chi connectivity index (χ0v) is 16.0. The molecule has 0 bridgehead atoms. The first-order valence-corrected chi connectivity index (χ1v) is 9.98. The highest BCUT2D eigenvalue weighted by atomic mass is 32.2. The van der Waals surface area contributed by atoms with E-state index in [0.29, 0.717) is 23.9 Å². The number of hydrogen-bond acceptors (Lipinski definition) is 6. The number of nitrogens with one attached hydrogen (secondary N) is 1. The third kappa shape index (κ3) is 4.32. The molecule has 0 aliphatic rings. The van der Waals surface area contributed by atoms with Gasteiger partial charge in [0.1, 0.15) is 10.6 Å². The predicted octanol–water partition coefficient (Wildman–Crippen LogP) is 1.89. The normalized spacial score (nSPS) is 11.5. The fourth-order valence-electron chi connectivity index (χ4n) is 2.64. The molecule has 0 aliphatic carbocycles. The highest BCUT2D eigenvalue weighted by Gasteiger charge is 2.20. The van der Waals surface area contributed by atoms with Crippen molar-refractivity contribution in [2.45, 2.75) is 24.8 Å². The molecule has 0 atom stereocenters. The third-order valence-electron chi connectivity index (χ3n) is 4.05. The Bertz CT molecular complexity index is 1000. The quantitative estimate of drug-likeness (QED) is 0.634. The van der Waals surface area contributed by atoms with Gasteiger partial charge in [-0.15, -0.1) is 0 Å². The van der Waals surface area contributed by atoms with Crippen molar-refractivity contribution >= 4 is 10.0 Å². The molecule has 0 unspecified atom stereocenters. The van der Waals surface area contributed by atoms with Crippen LogP contribution in [0, 0.1) is 0 Å². The lowest BCUT2D eigenvalue weighted by atomic mass is 10.2. The number of nitrogens with zero attached hydrogens (tertiary/aromatic N) is 4. The minimum atomic E-state index is -3.71. The van der Waals surface area contributed by atoms with Gasteiger partial charge >= 0.3 is 0 Å². The van der Waals surface area contributed by atoms with Crippen LogP contribution in [0.1, 0.15) is 12.5 Å². The largest absolute Gasteiger partial charge is 0.495 e. The number of sulfonamides is 1. The Morgan fingerprint density at radius 1 is 1.15 bits per heavy atom. The van der Waals surface area contributed by atoms with Gasteiger partial charge in [-0.3, -0.25) is 0 Å². The number of aryl methyl sites for hydroxylation is 1. The molecule has 0 saturated heterocycles. The van der Waals surface area contributed by atoms with Gasteiger partial charge in [0.25, 0.3) is 0 Å². The van der Waals surface area contributed by atoms with E-state index in [1.165, 1.54) is 7.11 Å². The fraction of sp³-hybridized carbons (Fsp3) is 0.278. The third-order valence-corrected chi connectivity index (χ3v) is 5.53. The van der Waals surface area contributed by atoms with Crippen molar-refractivity contribution in [3.05, 3.63) is 54.6 Å². The Balaban J connectivity index is 1.74. The summed E-state index contributed by atoms with van der Waals surface area (Å²) in [5, 5.41) is 0. The number of imidazole rings is 1. The molecule has 0 radical (unpaired) electrons. The molecule has 0 saturated carbocycles. The smallest absolute Gasteiger partial charge is 0.244 e. The number of benzene rings is 1. The van der Waals surface area contributed by atoms with Crippen LogP contribution in [0.25, 0.3) is 11.6 Å². The van der Waals surface area contributed by atoms with Crippen molar-refractivity contribution in [3.63, 3.8) is 0 Å². The summed E-state index contributed by atoms with van der Waals surface area (Å²) < 4.78 is 35.1. The van der Waals surface area contributed by atoms with Gasteiger partial charge in [-0.05, 0) is 30.2 Å². The van der Waals surface area contributed by atoms with Gasteiger partial charge in [0.15, 0.2) is 11.6 Å². The summed E-state index contributed by atoms with van der Waals surface area (Å²) in [5.41, 5.74) is 0.925. The van der Waals surface area contributed by atoms with E-state index in [9.17, 15) is 8.42 Å². The van der Waals surface area contributed by atoms with Gasteiger partial charge in [0.2, 0.25) is 10.0 Å². The van der Waals surface area contributed by atoms with E-state index in [1.54, 1.807) is 47.6 Å². The predicted molar refractivity (Wildman–Crippen MR) is 101 cm³/mol. The number of hydrogen-bond donors (Lipinski definition) is 1. The molecule has 3 aromatic rings. The maximum Gasteiger partial charge on any atom is 0.244 e. The van der Waals surface area contributed by atoms with Crippen LogP contribution in [0.2, 0.25) is 0 Å². The van der Waals surface area contributed by atoms with E-state index in [-0.39, 0.29) is 11.4 Å². The number of ether oxygens (including phenoxy) is 1. The summed E-state index contributed by atoms with van der Waals surface area (Å²) in [6.45, 7) is 2.55. The van der Waals surface area contributed by atoms with Crippen molar-refractivity contribution in [1.29, 1.82) is 0 Å². The van der Waals surface area contributed by atoms with Crippen LogP contribution in [0.4, 0.5) is 0 Å². The van der Waals surface area contributed by atoms with Crippen molar-refractivity contribution in [2.24, 2.45) is 0 Å². The van der Waals surface area contributed by atoms with Gasteiger partial charge < -0.3 is 9.30 Å². The summed E-state index contributed by atoms with van der Waals surface area (Å²) in [4.78, 5) is 12.7. The minimum absolute atomic E-state index is 0.140. The monoisotopic (exact) mass is 387 g/mol.